The zero-order valence-corrected chi connectivity index (χ0v) is 17.0. The fourth-order valence-corrected chi connectivity index (χ4v) is 3.92. The minimum absolute atomic E-state index is 0.0287. The van der Waals surface area contributed by atoms with Crippen molar-refractivity contribution in [3.63, 3.8) is 0 Å². The van der Waals surface area contributed by atoms with Crippen molar-refractivity contribution in [3.8, 4) is 0 Å². The molecule has 2 aliphatic rings. The lowest BCUT2D eigenvalue weighted by atomic mass is 9.92. The van der Waals surface area contributed by atoms with Crippen molar-refractivity contribution in [2.75, 3.05) is 13.2 Å². The highest BCUT2D eigenvalue weighted by molar-refractivity contribution is 6.30. The summed E-state index contributed by atoms with van der Waals surface area (Å²) >= 11 is 6.02. The summed E-state index contributed by atoms with van der Waals surface area (Å²) in [6.07, 6.45) is 9.14. The first-order valence-electron chi connectivity index (χ1n) is 10.3. The second-order valence-electron chi connectivity index (χ2n) is 7.58. The van der Waals surface area contributed by atoms with Gasteiger partial charge in [-0.05, 0) is 49.5 Å². The van der Waals surface area contributed by atoms with Crippen molar-refractivity contribution in [1.29, 1.82) is 0 Å². The van der Waals surface area contributed by atoms with E-state index in [1.54, 1.807) is 0 Å². The first-order valence-corrected chi connectivity index (χ1v) is 10.7. The number of aliphatic hydroxyl groups excluding tert-OH is 1. The summed E-state index contributed by atoms with van der Waals surface area (Å²) in [5, 5.41) is 12.7. The van der Waals surface area contributed by atoms with Crippen molar-refractivity contribution in [2.24, 2.45) is 0 Å². The monoisotopic (exact) mass is 407 g/mol. The molecule has 1 aromatic carbocycles. The zero-order valence-electron chi connectivity index (χ0n) is 16.2. The number of carbonyl (C=O) groups excluding carboxylic acids is 1. The first-order chi connectivity index (χ1) is 13.7. The summed E-state index contributed by atoms with van der Waals surface area (Å²) in [4.78, 5) is 12.8. The molecule has 0 radical (unpaired) electrons. The van der Waals surface area contributed by atoms with E-state index in [0.29, 0.717) is 30.2 Å². The minimum Gasteiger partial charge on any atom is -0.459 e. The van der Waals surface area contributed by atoms with Gasteiger partial charge in [-0.2, -0.15) is 0 Å². The average molecular weight is 408 g/mol. The highest BCUT2D eigenvalue weighted by Crippen LogP contribution is 2.32. The van der Waals surface area contributed by atoms with E-state index in [9.17, 15) is 4.79 Å². The standard InChI is InChI=1S/C22H30ClNO4/c23-18-10-8-16(9-11-18)17-14-20(22(26)24-19-6-2-1-3-7-19)28-21(15-17)27-13-5-4-12-25/h8-11,14,17,19,21,25H,1-7,12-13,15H2,(H,24,26)/t17-,21+/m1/s1. The quantitative estimate of drug-likeness (QED) is 0.631. The van der Waals surface area contributed by atoms with Gasteiger partial charge < -0.3 is 19.9 Å². The lowest BCUT2D eigenvalue weighted by Crippen LogP contribution is -2.39. The smallest absolute Gasteiger partial charge is 0.286 e. The Balaban J connectivity index is 1.68. The van der Waals surface area contributed by atoms with Crippen molar-refractivity contribution in [1.82, 2.24) is 5.32 Å². The van der Waals surface area contributed by atoms with Crippen LogP contribution in [0.4, 0.5) is 0 Å². The fourth-order valence-electron chi connectivity index (χ4n) is 3.79. The Hall–Kier alpha value is -1.56. The molecule has 2 N–H and O–H groups in total. The normalized spacial score (nSPS) is 23.0. The number of carbonyl (C=O) groups is 1. The van der Waals surface area contributed by atoms with E-state index in [2.05, 4.69) is 5.32 Å². The molecule has 0 unspecified atom stereocenters. The average Bonchev–Trinajstić information content (AvgIpc) is 2.72. The van der Waals surface area contributed by atoms with Crippen molar-refractivity contribution in [3.05, 3.63) is 46.7 Å². The Morgan fingerprint density at radius 3 is 2.64 bits per heavy atom. The maximum absolute atomic E-state index is 12.8. The molecule has 0 aromatic heterocycles. The number of rotatable bonds is 8. The third kappa shape index (κ3) is 6.23. The molecule has 0 spiro atoms. The molecule has 1 aliphatic heterocycles. The third-order valence-corrected chi connectivity index (χ3v) is 5.63. The zero-order chi connectivity index (χ0) is 19.8. The van der Waals surface area contributed by atoms with Crippen molar-refractivity contribution in [2.45, 2.75) is 69.6 Å². The van der Waals surface area contributed by atoms with E-state index in [4.69, 9.17) is 26.2 Å². The molecule has 28 heavy (non-hydrogen) atoms. The van der Waals surface area contributed by atoms with Crippen LogP contribution in [-0.2, 0) is 14.3 Å². The molecule has 5 nitrogen and oxygen atoms in total. The van der Waals surface area contributed by atoms with Gasteiger partial charge in [0.2, 0.25) is 6.29 Å². The lowest BCUT2D eigenvalue weighted by molar-refractivity contribution is -0.147. The number of amides is 1. The molecule has 1 fully saturated rings. The van der Waals surface area contributed by atoms with Gasteiger partial charge >= 0.3 is 0 Å². The molecule has 3 rings (SSSR count). The molecule has 1 aliphatic carbocycles. The van der Waals surface area contributed by atoms with E-state index in [0.717, 1.165) is 37.7 Å². The number of hydrogen-bond acceptors (Lipinski definition) is 4. The third-order valence-electron chi connectivity index (χ3n) is 5.38. The molecule has 6 heteroatoms. The van der Waals surface area contributed by atoms with Gasteiger partial charge in [-0.1, -0.05) is 43.0 Å². The maximum atomic E-state index is 12.8. The van der Waals surface area contributed by atoms with Crippen LogP contribution in [0.1, 0.15) is 62.8 Å². The van der Waals surface area contributed by atoms with Crippen LogP contribution in [0.2, 0.25) is 5.02 Å². The van der Waals surface area contributed by atoms with Crippen molar-refractivity contribution >= 4 is 17.5 Å². The first kappa shape index (κ1) is 21.2. The van der Waals surface area contributed by atoms with E-state index in [-0.39, 0.29) is 24.5 Å². The van der Waals surface area contributed by atoms with Crippen LogP contribution in [0, 0.1) is 0 Å². The highest BCUT2D eigenvalue weighted by Gasteiger charge is 2.29. The van der Waals surface area contributed by atoms with Gasteiger partial charge in [0.05, 0.1) is 6.61 Å². The second-order valence-corrected chi connectivity index (χ2v) is 8.02. The number of unbranched alkanes of at least 4 members (excludes halogenated alkanes) is 1. The predicted molar refractivity (Wildman–Crippen MR) is 109 cm³/mol. The minimum atomic E-state index is -0.475. The number of hydrogen-bond donors (Lipinski definition) is 2. The summed E-state index contributed by atoms with van der Waals surface area (Å²) in [5.74, 6) is 0.208. The number of nitrogens with one attached hydrogen (secondary N) is 1. The summed E-state index contributed by atoms with van der Waals surface area (Å²) in [6, 6.07) is 7.91. The van der Waals surface area contributed by atoms with Gasteiger partial charge in [0, 0.05) is 30.0 Å². The molecule has 1 aromatic rings. The highest BCUT2D eigenvalue weighted by atomic mass is 35.5. The largest absolute Gasteiger partial charge is 0.459 e. The van der Waals surface area contributed by atoms with E-state index in [1.165, 1.54) is 6.42 Å². The number of aliphatic hydroxyl groups is 1. The number of benzene rings is 1. The lowest BCUT2D eigenvalue weighted by Gasteiger charge is -2.30. The van der Waals surface area contributed by atoms with Crippen LogP contribution in [0.25, 0.3) is 0 Å². The molecule has 1 heterocycles. The number of halogens is 1. The second kappa shape index (κ2) is 10.8. The molecule has 154 valence electrons. The maximum Gasteiger partial charge on any atom is 0.286 e. The summed E-state index contributed by atoms with van der Waals surface area (Å²) in [7, 11) is 0. The van der Waals surface area contributed by atoms with Crippen LogP contribution < -0.4 is 5.32 Å². The number of allylic oxidation sites excluding steroid dienone is 1. The molecular formula is C22H30ClNO4. The van der Waals surface area contributed by atoms with Gasteiger partial charge in [0.1, 0.15) is 0 Å². The Bertz CT molecular complexity index is 655. The Morgan fingerprint density at radius 1 is 1.18 bits per heavy atom. The van der Waals surface area contributed by atoms with Gasteiger partial charge in [0.15, 0.2) is 5.76 Å². The van der Waals surface area contributed by atoms with Crippen LogP contribution >= 0.6 is 11.6 Å². The van der Waals surface area contributed by atoms with Crippen LogP contribution in [0.3, 0.4) is 0 Å². The van der Waals surface area contributed by atoms with Gasteiger partial charge in [0.25, 0.3) is 5.91 Å². The molecule has 0 saturated heterocycles. The van der Waals surface area contributed by atoms with Crippen LogP contribution in [0.15, 0.2) is 36.1 Å². The Kier molecular flexibility index (Phi) is 8.19. The predicted octanol–water partition coefficient (Wildman–Crippen LogP) is 4.29. The molecule has 1 amide bonds. The SMILES string of the molecule is O=C(NC1CCCCC1)C1=C[C@@H](c2ccc(Cl)cc2)C[C@@H](OCCCCO)O1. The molecule has 0 bridgehead atoms. The van der Waals surface area contributed by atoms with Crippen molar-refractivity contribution < 1.29 is 19.4 Å². The fraction of sp³-hybridized carbons (Fsp3) is 0.591. The Morgan fingerprint density at radius 2 is 1.93 bits per heavy atom. The topological polar surface area (TPSA) is 67.8 Å². The number of ether oxygens (including phenoxy) is 2. The van der Waals surface area contributed by atoms with E-state index in [1.807, 2.05) is 30.3 Å². The van der Waals surface area contributed by atoms with Gasteiger partial charge in [-0.25, -0.2) is 0 Å². The molecular weight excluding hydrogens is 378 g/mol. The van der Waals surface area contributed by atoms with Crippen LogP contribution in [0.5, 0.6) is 0 Å². The summed E-state index contributed by atoms with van der Waals surface area (Å²) in [5.41, 5.74) is 1.08. The molecule has 2 atom stereocenters. The summed E-state index contributed by atoms with van der Waals surface area (Å²) < 4.78 is 11.7. The Labute approximate surface area is 172 Å². The summed E-state index contributed by atoms with van der Waals surface area (Å²) in [6.45, 7) is 0.646. The van der Waals surface area contributed by atoms with Gasteiger partial charge in [-0.3, -0.25) is 4.79 Å². The molecule has 1 saturated carbocycles. The van der Waals surface area contributed by atoms with Crippen LogP contribution in [-0.4, -0.2) is 36.6 Å². The van der Waals surface area contributed by atoms with Gasteiger partial charge in [-0.15, -0.1) is 0 Å². The van der Waals surface area contributed by atoms with E-state index < -0.39 is 6.29 Å². The van der Waals surface area contributed by atoms with E-state index >= 15 is 0 Å².